The van der Waals surface area contributed by atoms with Gasteiger partial charge in [0, 0.05) is 5.69 Å². The first-order valence-electron chi connectivity index (χ1n) is 10.9. The molecule has 4 rings (SSSR count). The quantitative estimate of drug-likeness (QED) is 0.367. The molecule has 1 aliphatic rings. The molecule has 10 nitrogen and oxygen atoms in total. The van der Waals surface area contributed by atoms with Crippen LogP contribution in [0, 0.1) is 6.92 Å². The van der Waals surface area contributed by atoms with Gasteiger partial charge in [0.2, 0.25) is 0 Å². The molecule has 0 spiro atoms. The van der Waals surface area contributed by atoms with Gasteiger partial charge in [-0.2, -0.15) is 0 Å². The number of aryl methyl sites for hydroxylation is 1. The van der Waals surface area contributed by atoms with Gasteiger partial charge in [-0.1, -0.05) is 23.8 Å². The first-order valence-corrected chi connectivity index (χ1v) is 10.9. The highest BCUT2D eigenvalue weighted by atomic mass is 16.5. The Kier molecular flexibility index (Phi) is 7.15. The van der Waals surface area contributed by atoms with E-state index < -0.39 is 17.8 Å². The molecule has 0 radical (unpaired) electrons. The predicted molar refractivity (Wildman–Crippen MR) is 129 cm³/mol. The lowest BCUT2D eigenvalue weighted by atomic mass is 10.1. The lowest BCUT2D eigenvalue weighted by Crippen LogP contribution is -2.53. The summed E-state index contributed by atoms with van der Waals surface area (Å²) in [6, 6.07) is 14.5. The van der Waals surface area contributed by atoms with Gasteiger partial charge in [-0.25, -0.2) is 4.79 Å². The molecule has 1 fully saturated rings. The number of hydrogen-bond donors (Lipinski definition) is 2. The Morgan fingerprint density at radius 3 is 2.56 bits per heavy atom. The number of carbonyl (C=O) groups is 4. The molecule has 1 aliphatic heterocycles. The maximum absolute atomic E-state index is 12.9. The third kappa shape index (κ3) is 5.61. The minimum atomic E-state index is -0.830. The van der Waals surface area contributed by atoms with Crippen molar-refractivity contribution in [1.29, 1.82) is 0 Å². The summed E-state index contributed by atoms with van der Waals surface area (Å²) in [6.07, 6.45) is 2.77. The average Bonchev–Trinajstić information content (AvgIpc) is 3.38. The normalized spacial score (nSPS) is 14.6. The van der Waals surface area contributed by atoms with Crippen molar-refractivity contribution >= 4 is 35.5 Å². The average molecular weight is 489 g/mol. The fourth-order valence-corrected chi connectivity index (χ4v) is 3.43. The van der Waals surface area contributed by atoms with Crippen molar-refractivity contribution in [3.8, 4) is 11.5 Å². The number of hydrogen-bond acceptors (Lipinski definition) is 7. The van der Waals surface area contributed by atoms with Crippen LogP contribution in [0.1, 0.15) is 16.9 Å². The number of methoxy groups -OCH3 is 1. The predicted octanol–water partition coefficient (Wildman–Crippen LogP) is 3.28. The molecule has 184 valence electrons. The molecule has 5 amide bonds. The van der Waals surface area contributed by atoms with Crippen LogP contribution < -0.4 is 20.1 Å². The van der Waals surface area contributed by atoms with E-state index >= 15 is 0 Å². The third-order valence-electron chi connectivity index (χ3n) is 5.27. The van der Waals surface area contributed by atoms with Crippen LogP contribution in [-0.4, -0.2) is 42.4 Å². The van der Waals surface area contributed by atoms with Gasteiger partial charge in [0.25, 0.3) is 17.7 Å². The number of carbonyl (C=O) groups excluding carboxylic acids is 4. The van der Waals surface area contributed by atoms with E-state index in [1.165, 1.54) is 19.4 Å². The first-order chi connectivity index (χ1) is 17.3. The second-order valence-corrected chi connectivity index (χ2v) is 7.90. The number of nitrogens with one attached hydrogen (secondary N) is 2. The van der Waals surface area contributed by atoms with Crippen molar-refractivity contribution in [2.45, 2.75) is 13.5 Å². The Hall–Kier alpha value is -4.86. The Morgan fingerprint density at radius 2 is 1.86 bits per heavy atom. The highest BCUT2D eigenvalue weighted by molar-refractivity contribution is 6.30. The van der Waals surface area contributed by atoms with E-state index in [9.17, 15) is 19.2 Å². The number of rotatable bonds is 8. The van der Waals surface area contributed by atoms with Crippen LogP contribution in [0.2, 0.25) is 0 Å². The first kappa shape index (κ1) is 24.3. The van der Waals surface area contributed by atoms with E-state index in [0.717, 1.165) is 10.5 Å². The van der Waals surface area contributed by atoms with Gasteiger partial charge in [-0.15, -0.1) is 0 Å². The summed E-state index contributed by atoms with van der Waals surface area (Å²) in [5, 5.41) is 4.90. The Morgan fingerprint density at radius 1 is 1.08 bits per heavy atom. The lowest BCUT2D eigenvalue weighted by molar-refractivity contribution is -0.130. The van der Waals surface area contributed by atoms with Crippen molar-refractivity contribution in [2.24, 2.45) is 0 Å². The molecule has 0 saturated carbocycles. The number of nitrogens with zero attached hydrogens (tertiary/aromatic N) is 1. The number of barbiturate groups is 1. The Balaban J connectivity index is 1.46. The molecule has 2 N–H and O–H groups in total. The number of ether oxygens (including phenoxy) is 2. The van der Waals surface area contributed by atoms with Gasteiger partial charge >= 0.3 is 6.03 Å². The zero-order chi connectivity index (χ0) is 25.7. The molecule has 2 aromatic carbocycles. The molecule has 0 unspecified atom stereocenters. The van der Waals surface area contributed by atoms with Crippen LogP contribution in [-0.2, 0) is 20.9 Å². The fourth-order valence-electron chi connectivity index (χ4n) is 3.43. The molecule has 3 aromatic rings. The van der Waals surface area contributed by atoms with Crippen molar-refractivity contribution < 1.29 is 33.1 Å². The van der Waals surface area contributed by atoms with Crippen LogP contribution in [0.15, 0.2) is 70.9 Å². The minimum Gasteiger partial charge on any atom is -0.493 e. The van der Waals surface area contributed by atoms with E-state index in [2.05, 4.69) is 10.6 Å². The van der Waals surface area contributed by atoms with Gasteiger partial charge in [-0.3, -0.25) is 24.6 Å². The van der Waals surface area contributed by atoms with Gasteiger partial charge in [0.15, 0.2) is 18.1 Å². The number of benzene rings is 2. The highest BCUT2D eigenvalue weighted by Gasteiger charge is 2.36. The van der Waals surface area contributed by atoms with Crippen molar-refractivity contribution in [3.63, 3.8) is 0 Å². The zero-order valence-electron chi connectivity index (χ0n) is 19.6. The summed E-state index contributed by atoms with van der Waals surface area (Å²) < 4.78 is 16.1. The minimum absolute atomic E-state index is 0.122. The monoisotopic (exact) mass is 489 g/mol. The molecule has 1 aromatic heterocycles. The largest absolute Gasteiger partial charge is 0.493 e. The Bertz CT molecular complexity index is 1330. The number of furan rings is 1. The number of anilines is 1. The second kappa shape index (κ2) is 10.6. The zero-order valence-corrected chi connectivity index (χ0v) is 19.6. The van der Waals surface area contributed by atoms with Crippen LogP contribution in [0.5, 0.6) is 11.5 Å². The molecule has 1 saturated heterocycles. The number of imide groups is 2. The molecule has 36 heavy (non-hydrogen) atoms. The topological polar surface area (TPSA) is 127 Å². The van der Waals surface area contributed by atoms with Crippen molar-refractivity contribution in [1.82, 2.24) is 10.2 Å². The highest BCUT2D eigenvalue weighted by Crippen LogP contribution is 2.29. The molecule has 0 bridgehead atoms. The van der Waals surface area contributed by atoms with Gasteiger partial charge in [0.05, 0.1) is 19.9 Å². The third-order valence-corrected chi connectivity index (χ3v) is 5.27. The Labute approximate surface area is 206 Å². The fraction of sp³-hybridized carbons (Fsp3) is 0.154. The standard InChI is InChI=1S/C26H23N3O7/c1-16-5-8-18(9-6-16)27-23(30)15-36-21-10-7-17(13-22(21)34-2)12-20-24(31)28-26(33)29(25(20)32)14-19-4-3-11-35-19/h3-13H,14-15H2,1-2H3,(H,27,30)(H,28,31,33). The summed E-state index contributed by atoms with van der Waals surface area (Å²) in [7, 11) is 1.42. The SMILES string of the molecule is COc1cc(C=C2C(=O)NC(=O)N(Cc3ccco3)C2=O)ccc1OCC(=O)Nc1ccc(C)cc1. The van der Waals surface area contributed by atoms with Gasteiger partial charge < -0.3 is 19.2 Å². The van der Waals surface area contributed by atoms with Gasteiger partial charge in [-0.05, 0) is 55.0 Å². The van der Waals surface area contributed by atoms with Crippen LogP contribution in [0.3, 0.4) is 0 Å². The van der Waals surface area contributed by atoms with Gasteiger partial charge in [0.1, 0.15) is 11.3 Å². The number of amides is 5. The summed E-state index contributed by atoms with van der Waals surface area (Å²) in [5.74, 6) is -0.938. The van der Waals surface area contributed by atoms with Crippen molar-refractivity contribution in [3.05, 3.63) is 83.3 Å². The molecule has 0 aliphatic carbocycles. The van der Waals surface area contributed by atoms with E-state index in [1.807, 2.05) is 19.1 Å². The molecular weight excluding hydrogens is 466 g/mol. The summed E-state index contributed by atoms with van der Waals surface area (Å²) in [5.41, 5.74) is 1.95. The van der Waals surface area contributed by atoms with Crippen LogP contribution >= 0.6 is 0 Å². The maximum Gasteiger partial charge on any atom is 0.331 e. The molecule has 10 heteroatoms. The molecule has 0 atom stereocenters. The van der Waals surface area contributed by atoms with E-state index in [4.69, 9.17) is 13.9 Å². The van der Waals surface area contributed by atoms with E-state index in [1.54, 1.807) is 42.5 Å². The van der Waals surface area contributed by atoms with E-state index in [-0.39, 0.29) is 24.6 Å². The summed E-state index contributed by atoms with van der Waals surface area (Å²) in [4.78, 5) is 50.5. The van der Waals surface area contributed by atoms with Crippen LogP contribution in [0.4, 0.5) is 10.5 Å². The number of urea groups is 1. The molecular formula is C26H23N3O7. The summed E-state index contributed by atoms with van der Waals surface area (Å²) in [6.45, 7) is 1.58. The smallest absolute Gasteiger partial charge is 0.331 e. The second-order valence-electron chi connectivity index (χ2n) is 7.90. The lowest BCUT2D eigenvalue weighted by Gasteiger charge is -2.25. The molecule has 2 heterocycles. The van der Waals surface area contributed by atoms with E-state index in [0.29, 0.717) is 28.5 Å². The summed E-state index contributed by atoms with van der Waals surface area (Å²) >= 11 is 0. The maximum atomic E-state index is 12.9. The van der Waals surface area contributed by atoms with Crippen LogP contribution in [0.25, 0.3) is 6.08 Å². The van der Waals surface area contributed by atoms with Crippen molar-refractivity contribution in [2.75, 3.05) is 19.0 Å².